The van der Waals surface area contributed by atoms with E-state index in [0.717, 1.165) is 10.8 Å². The number of hydrogen-bond donors (Lipinski definition) is 1. The number of hydrogen-bond acceptors (Lipinski definition) is 3. The summed E-state index contributed by atoms with van der Waals surface area (Å²) in [5, 5.41) is 10.7. The zero-order valence-corrected chi connectivity index (χ0v) is 14.0. The molecule has 1 N–H and O–H groups in total. The molecule has 2 aromatic carbocycles. The molecule has 1 aromatic heterocycles. The molecule has 1 unspecified atom stereocenters. The van der Waals surface area contributed by atoms with Gasteiger partial charge in [0, 0.05) is 46.3 Å². The molecule has 0 saturated carbocycles. The molecule has 6 heteroatoms. The largest absolute Gasteiger partial charge is 0.477 e. The van der Waals surface area contributed by atoms with Crippen LogP contribution in [0.4, 0.5) is 0 Å². The highest BCUT2D eigenvalue weighted by Gasteiger charge is 2.19. The van der Waals surface area contributed by atoms with Gasteiger partial charge in [-0.1, -0.05) is 24.3 Å². The number of rotatable bonds is 4. The summed E-state index contributed by atoms with van der Waals surface area (Å²) in [6.07, 6.45) is 3.06. The maximum Gasteiger partial charge on any atom is 0.352 e. The third-order valence-electron chi connectivity index (χ3n) is 3.90. The van der Waals surface area contributed by atoms with Gasteiger partial charge in [-0.25, -0.2) is 4.79 Å². The molecule has 0 saturated heterocycles. The van der Waals surface area contributed by atoms with Crippen molar-refractivity contribution in [1.29, 1.82) is 0 Å². The fraction of sp³-hybridized carbons (Fsp3) is 0.111. The van der Waals surface area contributed by atoms with E-state index in [2.05, 4.69) is 0 Å². The van der Waals surface area contributed by atoms with Gasteiger partial charge < -0.3 is 9.67 Å². The van der Waals surface area contributed by atoms with Crippen LogP contribution in [0.1, 0.15) is 26.4 Å². The standard InChI is InChI=1S/C18H15NO4S/c1-19-10-12(8-16(19)18(21)22)17(20)15-9-13(24(2)23)7-11-5-3-4-6-14(11)15/h3-10H,1-2H3,(H,21,22). The van der Waals surface area contributed by atoms with Crippen molar-refractivity contribution in [3.63, 3.8) is 0 Å². The van der Waals surface area contributed by atoms with E-state index in [0.29, 0.717) is 16.0 Å². The molecular weight excluding hydrogens is 326 g/mol. The van der Waals surface area contributed by atoms with E-state index in [1.54, 1.807) is 25.4 Å². The zero-order chi connectivity index (χ0) is 17.4. The fourth-order valence-corrected chi connectivity index (χ4v) is 3.27. The van der Waals surface area contributed by atoms with E-state index in [4.69, 9.17) is 5.11 Å². The summed E-state index contributed by atoms with van der Waals surface area (Å²) in [4.78, 5) is 24.7. The van der Waals surface area contributed by atoms with Gasteiger partial charge in [-0.2, -0.15) is 0 Å². The molecule has 0 aliphatic heterocycles. The lowest BCUT2D eigenvalue weighted by atomic mass is 9.98. The van der Waals surface area contributed by atoms with E-state index in [-0.39, 0.29) is 11.5 Å². The molecule has 122 valence electrons. The molecule has 0 radical (unpaired) electrons. The van der Waals surface area contributed by atoms with Gasteiger partial charge in [0.1, 0.15) is 5.69 Å². The van der Waals surface area contributed by atoms with Gasteiger partial charge >= 0.3 is 5.97 Å². The minimum Gasteiger partial charge on any atom is -0.477 e. The highest BCUT2D eigenvalue weighted by molar-refractivity contribution is 7.84. The highest BCUT2D eigenvalue weighted by Crippen LogP contribution is 2.25. The van der Waals surface area contributed by atoms with Crippen LogP contribution in [0.3, 0.4) is 0 Å². The summed E-state index contributed by atoms with van der Waals surface area (Å²) in [7, 11) is 0.353. The Bertz CT molecular complexity index is 1000. The Morgan fingerprint density at radius 3 is 2.46 bits per heavy atom. The number of nitrogens with zero attached hydrogens (tertiary/aromatic N) is 1. The predicted molar refractivity (Wildman–Crippen MR) is 92.1 cm³/mol. The average Bonchev–Trinajstić information content (AvgIpc) is 2.95. The Hall–Kier alpha value is -2.73. The molecule has 3 aromatic rings. The maximum absolute atomic E-state index is 12.9. The number of benzene rings is 2. The molecule has 1 heterocycles. The maximum atomic E-state index is 12.9. The van der Waals surface area contributed by atoms with Crippen LogP contribution in [0.2, 0.25) is 0 Å². The Kier molecular flexibility index (Phi) is 4.07. The van der Waals surface area contributed by atoms with E-state index in [1.165, 1.54) is 16.8 Å². The average molecular weight is 341 g/mol. The summed E-state index contributed by atoms with van der Waals surface area (Å²) >= 11 is 0. The normalized spacial score (nSPS) is 12.2. The van der Waals surface area contributed by atoms with Crippen LogP contribution in [0.5, 0.6) is 0 Å². The van der Waals surface area contributed by atoms with Gasteiger partial charge in [0.05, 0.1) is 0 Å². The van der Waals surface area contributed by atoms with Crippen LogP contribution in [-0.2, 0) is 17.8 Å². The first-order valence-corrected chi connectivity index (χ1v) is 8.75. The summed E-state index contributed by atoms with van der Waals surface area (Å²) in [6.45, 7) is 0. The number of aromatic carboxylic acids is 1. The van der Waals surface area contributed by atoms with Crippen LogP contribution in [-0.4, -0.2) is 31.9 Å². The predicted octanol–water partition coefficient (Wildman–Crippen LogP) is 2.84. The molecule has 24 heavy (non-hydrogen) atoms. The van der Waals surface area contributed by atoms with Crippen LogP contribution in [0.15, 0.2) is 53.6 Å². The number of aryl methyl sites for hydroxylation is 1. The van der Waals surface area contributed by atoms with Gasteiger partial charge in [0.25, 0.3) is 0 Å². The van der Waals surface area contributed by atoms with Crippen LogP contribution in [0, 0.1) is 0 Å². The highest BCUT2D eigenvalue weighted by atomic mass is 32.2. The van der Waals surface area contributed by atoms with Crippen molar-refractivity contribution in [2.75, 3.05) is 6.26 Å². The third kappa shape index (κ3) is 2.76. The van der Waals surface area contributed by atoms with E-state index in [9.17, 15) is 13.8 Å². The number of aromatic nitrogens is 1. The minimum atomic E-state index is -1.23. The Balaban J connectivity index is 2.21. The molecule has 0 amide bonds. The number of carboxylic acid groups (broad SMARTS) is 1. The van der Waals surface area contributed by atoms with Crippen molar-refractivity contribution in [1.82, 2.24) is 4.57 Å². The Morgan fingerprint density at radius 2 is 1.83 bits per heavy atom. The number of ketones is 1. The SMILES string of the molecule is Cn1cc(C(=O)c2cc(S(C)=O)cc3ccccc23)cc1C(=O)O. The quantitative estimate of drug-likeness (QED) is 0.740. The van der Waals surface area contributed by atoms with Gasteiger partial charge in [-0.3, -0.25) is 9.00 Å². The summed E-state index contributed by atoms with van der Waals surface area (Å²) in [6, 6.07) is 12.1. The first-order valence-electron chi connectivity index (χ1n) is 7.19. The molecule has 1 atom stereocenters. The first kappa shape index (κ1) is 16.1. The van der Waals surface area contributed by atoms with Crippen LogP contribution < -0.4 is 0 Å². The molecule has 0 aliphatic rings. The second-order valence-electron chi connectivity index (χ2n) is 5.51. The van der Waals surface area contributed by atoms with Crippen molar-refractivity contribution in [2.45, 2.75) is 4.90 Å². The summed E-state index contributed by atoms with van der Waals surface area (Å²) in [5.41, 5.74) is 0.748. The Morgan fingerprint density at radius 1 is 1.12 bits per heavy atom. The van der Waals surface area contributed by atoms with Crippen molar-refractivity contribution in [3.05, 3.63) is 65.5 Å². The lowest BCUT2D eigenvalue weighted by Crippen LogP contribution is -2.03. The molecule has 3 rings (SSSR count). The molecule has 0 bridgehead atoms. The van der Waals surface area contributed by atoms with Gasteiger partial charge in [0.15, 0.2) is 5.78 Å². The van der Waals surface area contributed by atoms with Crippen molar-refractivity contribution < 1.29 is 18.9 Å². The van der Waals surface area contributed by atoms with E-state index < -0.39 is 16.8 Å². The second-order valence-corrected chi connectivity index (χ2v) is 6.88. The van der Waals surface area contributed by atoms with E-state index >= 15 is 0 Å². The number of carbonyl (C=O) groups is 2. The van der Waals surface area contributed by atoms with Gasteiger partial charge in [0.2, 0.25) is 0 Å². The second kappa shape index (κ2) is 6.05. The number of carboxylic acids is 1. The molecule has 0 aliphatic carbocycles. The first-order chi connectivity index (χ1) is 11.4. The van der Waals surface area contributed by atoms with Crippen LogP contribution in [0.25, 0.3) is 10.8 Å². The fourth-order valence-electron chi connectivity index (χ4n) is 2.69. The number of fused-ring (bicyclic) bond motifs is 1. The van der Waals surface area contributed by atoms with Gasteiger partial charge in [-0.05, 0) is 29.0 Å². The monoisotopic (exact) mass is 341 g/mol. The topological polar surface area (TPSA) is 76.4 Å². The Labute approximate surface area is 141 Å². The molecule has 0 spiro atoms. The zero-order valence-electron chi connectivity index (χ0n) is 13.1. The van der Waals surface area contributed by atoms with Crippen molar-refractivity contribution in [3.8, 4) is 0 Å². The summed E-state index contributed by atoms with van der Waals surface area (Å²) in [5.74, 6) is -1.38. The van der Waals surface area contributed by atoms with Crippen molar-refractivity contribution >= 4 is 33.3 Å². The number of carbonyl (C=O) groups excluding carboxylic acids is 1. The molecular formula is C18H15NO4S. The molecule has 5 nitrogen and oxygen atoms in total. The van der Waals surface area contributed by atoms with Crippen molar-refractivity contribution in [2.24, 2.45) is 7.05 Å². The smallest absolute Gasteiger partial charge is 0.352 e. The van der Waals surface area contributed by atoms with E-state index in [1.807, 2.05) is 24.3 Å². The minimum absolute atomic E-state index is 0.0397. The van der Waals surface area contributed by atoms with Gasteiger partial charge in [-0.15, -0.1) is 0 Å². The lowest BCUT2D eigenvalue weighted by Gasteiger charge is -2.08. The summed E-state index contributed by atoms with van der Waals surface area (Å²) < 4.78 is 13.3. The van der Waals surface area contributed by atoms with Crippen LogP contribution >= 0.6 is 0 Å². The lowest BCUT2D eigenvalue weighted by molar-refractivity contribution is 0.0686. The third-order valence-corrected chi connectivity index (χ3v) is 4.80. The molecule has 0 fully saturated rings.